The first-order valence-electron chi connectivity index (χ1n) is 14.1. The SMILES string of the molecule is CCCCNC(=O)[C@H](C)N(Cc1ccc(OC)cc1)C(=O)CN(c1cc(OC)ccc1OC)S(=O)(=O)c1ccc(C)cc1. The Kier molecular flexibility index (Phi) is 11.8. The largest absolute Gasteiger partial charge is 0.497 e. The van der Waals surface area contributed by atoms with E-state index in [1.54, 1.807) is 62.6 Å². The highest BCUT2D eigenvalue weighted by atomic mass is 32.2. The average molecular weight is 612 g/mol. The molecule has 0 heterocycles. The number of hydrogen-bond acceptors (Lipinski definition) is 7. The highest BCUT2D eigenvalue weighted by molar-refractivity contribution is 7.92. The summed E-state index contributed by atoms with van der Waals surface area (Å²) in [4.78, 5) is 28.7. The molecule has 0 saturated carbocycles. The highest BCUT2D eigenvalue weighted by Crippen LogP contribution is 2.36. The summed E-state index contributed by atoms with van der Waals surface area (Å²) in [5.41, 5.74) is 1.75. The Bertz CT molecular complexity index is 1480. The van der Waals surface area contributed by atoms with Crippen molar-refractivity contribution in [2.45, 2.75) is 51.1 Å². The zero-order valence-corrected chi connectivity index (χ0v) is 26.4. The van der Waals surface area contributed by atoms with Crippen LogP contribution in [0.25, 0.3) is 0 Å². The van der Waals surface area contributed by atoms with Crippen molar-refractivity contribution in [1.29, 1.82) is 0 Å². The van der Waals surface area contributed by atoms with Crippen LogP contribution in [0, 0.1) is 6.92 Å². The lowest BCUT2D eigenvalue weighted by Crippen LogP contribution is -2.51. The first-order chi connectivity index (χ1) is 20.5. The van der Waals surface area contributed by atoms with Crippen LogP contribution in [-0.2, 0) is 26.2 Å². The lowest BCUT2D eigenvalue weighted by molar-refractivity contribution is -0.139. The summed E-state index contributed by atoms with van der Waals surface area (Å²) >= 11 is 0. The van der Waals surface area contributed by atoms with E-state index in [0.717, 1.165) is 28.3 Å². The second-order valence-corrected chi connectivity index (χ2v) is 11.9. The predicted molar refractivity (Wildman–Crippen MR) is 166 cm³/mol. The topological polar surface area (TPSA) is 114 Å². The maximum Gasteiger partial charge on any atom is 0.264 e. The molecule has 0 fully saturated rings. The van der Waals surface area contributed by atoms with Crippen molar-refractivity contribution < 1.29 is 32.2 Å². The smallest absolute Gasteiger partial charge is 0.264 e. The maximum absolute atomic E-state index is 14.2. The third kappa shape index (κ3) is 8.41. The summed E-state index contributed by atoms with van der Waals surface area (Å²) in [6.45, 7) is 5.45. The Hall–Kier alpha value is -4.25. The van der Waals surface area contributed by atoms with Gasteiger partial charge in [-0.15, -0.1) is 0 Å². The lowest BCUT2D eigenvalue weighted by atomic mass is 10.1. The van der Waals surface area contributed by atoms with E-state index in [1.165, 1.54) is 37.3 Å². The number of amides is 2. The summed E-state index contributed by atoms with van der Waals surface area (Å²) in [5, 5.41) is 2.88. The molecule has 0 aromatic heterocycles. The zero-order valence-electron chi connectivity index (χ0n) is 25.6. The summed E-state index contributed by atoms with van der Waals surface area (Å²) < 4.78 is 45.4. The number of benzene rings is 3. The summed E-state index contributed by atoms with van der Waals surface area (Å²) in [6, 6.07) is 17.3. The molecule has 3 aromatic rings. The normalized spacial score (nSPS) is 11.8. The molecule has 0 aliphatic carbocycles. The van der Waals surface area contributed by atoms with Crippen LogP contribution in [0.3, 0.4) is 0 Å². The van der Waals surface area contributed by atoms with E-state index in [2.05, 4.69) is 5.32 Å². The minimum Gasteiger partial charge on any atom is -0.497 e. The Morgan fingerprint density at radius 3 is 2.09 bits per heavy atom. The number of nitrogens with zero attached hydrogens (tertiary/aromatic N) is 2. The van der Waals surface area contributed by atoms with Crippen LogP contribution in [-0.4, -0.2) is 65.6 Å². The predicted octanol–water partition coefficient (Wildman–Crippen LogP) is 4.55. The van der Waals surface area contributed by atoms with Crippen molar-refractivity contribution in [1.82, 2.24) is 10.2 Å². The van der Waals surface area contributed by atoms with Gasteiger partial charge in [0.1, 0.15) is 29.8 Å². The van der Waals surface area contributed by atoms with E-state index < -0.39 is 28.5 Å². The molecule has 3 aromatic carbocycles. The molecule has 0 bridgehead atoms. The van der Waals surface area contributed by atoms with Crippen molar-refractivity contribution >= 4 is 27.5 Å². The molecule has 0 aliphatic heterocycles. The third-order valence-corrected chi connectivity index (χ3v) is 8.83. The Morgan fingerprint density at radius 2 is 1.51 bits per heavy atom. The first kappa shape index (κ1) is 33.3. The molecule has 3 rings (SSSR count). The minimum atomic E-state index is -4.27. The van der Waals surface area contributed by atoms with Crippen molar-refractivity contribution in [3.8, 4) is 17.2 Å². The van der Waals surface area contributed by atoms with Gasteiger partial charge in [-0.1, -0.05) is 43.2 Å². The third-order valence-electron chi connectivity index (χ3n) is 7.05. The van der Waals surface area contributed by atoms with Crippen LogP contribution < -0.4 is 23.8 Å². The van der Waals surface area contributed by atoms with Crippen LogP contribution in [0.2, 0.25) is 0 Å². The van der Waals surface area contributed by atoms with Crippen LogP contribution in [0.4, 0.5) is 5.69 Å². The molecule has 0 aliphatic rings. The molecule has 1 atom stereocenters. The van der Waals surface area contributed by atoms with Crippen molar-refractivity contribution in [3.05, 3.63) is 77.9 Å². The number of methoxy groups -OCH3 is 3. The Labute approximate surface area is 254 Å². The molecule has 0 spiro atoms. The average Bonchev–Trinajstić information content (AvgIpc) is 3.02. The van der Waals surface area contributed by atoms with Gasteiger partial charge in [0.05, 0.1) is 31.9 Å². The fourth-order valence-electron chi connectivity index (χ4n) is 4.39. The molecule has 0 radical (unpaired) electrons. The maximum atomic E-state index is 14.2. The van der Waals surface area contributed by atoms with Crippen molar-refractivity contribution in [3.63, 3.8) is 0 Å². The molecule has 0 unspecified atom stereocenters. The number of nitrogens with one attached hydrogen (secondary N) is 1. The number of anilines is 1. The number of unbranched alkanes of at least 4 members (excludes halogenated alkanes) is 1. The van der Waals surface area contributed by atoms with Crippen LogP contribution >= 0.6 is 0 Å². The van der Waals surface area contributed by atoms with E-state index in [-0.39, 0.29) is 28.8 Å². The van der Waals surface area contributed by atoms with Crippen LogP contribution in [0.1, 0.15) is 37.8 Å². The van der Waals surface area contributed by atoms with Crippen LogP contribution in [0.15, 0.2) is 71.6 Å². The fourth-order valence-corrected chi connectivity index (χ4v) is 5.81. The Morgan fingerprint density at radius 1 is 0.884 bits per heavy atom. The summed E-state index contributed by atoms with van der Waals surface area (Å²) in [7, 11) is 0.172. The van der Waals surface area contributed by atoms with E-state index in [9.17, 15) is 18.0 Å². The number of hydrogen-bond donors (Lipinski definition) is 1. The summed E-state index contributed by atoms with van der Waals surface area (Å²) in [6.07, 6.45) is 1.69. The number of carbonyl (C=O) groups excluding carboxylic acids is 2. The van der Waals surface area contributed by atoms with Gasteiger partial charge < -0.3 is 24.4 Å². The van der Waals surface area contributed by atoms with E-state index >= 15 is 0 Å². The van der Waals surface area contributed by atoms with Gasteiger partial charge in [0, 0.05) is 19.2 Å². The minimum absolute atomic E-state index is 0.00262. The lowest BCUT2D eigenvalue weighted by Gasteiger charge is -2.32. The van der Waals surface area contributed by atoms with Gasteiger partial charge in [-0.25, -0.2) is 8.42 Å². The standard InChI is InChI=1S/C32H41N3O7S/c1-7-8-19-33-32(37)24(3)34(21-25-11-13-26(40-4)14-12-25)31(36)22-35(29-20-27(41-5)15-18-30(29)42-6)43(38,39)28-16-9-23(2)10-17-28/h9-18,20,24H,7-8,19,21-22H2,1-6H3,(H,33,37)/t24-/m0/s1. The van der Waals surface area contributed by atoms with Gasteiger partial charge in [-0.3, -0.25) is 13.9 Å². The van der Waals surface area contributed by atoms with E-state index in [4.69, 9.17) is 14.2 Å². The molecular weight excluding hydrogens is 570 g/mol. The molecule has 1 N–H and O–H groups in total. The molecule has 11 heteroatoms. The number of sulfonamides is 1. The van der Waals surface area contributed by atoms with Crippen molar-refractivity contribution in [2.75, 3.05) is 38.7 Å². The number of aryl methyl sites for hydroxylation is 1. The van der Waals surface area contributed by atoms with Gasteiger partial charge in [-0.2, -0.15) is 0 Å². The van der Waals surface area contributed by atoms with Crippen LogP contribution in [0.5, 0.6) is 17.2 Å². The van der Waals surface area contributed by atoms with Gasteiger partial charge in [0.2, 0.25) is 11.8 Å². The Balaban J connectivity index is 2.08. The second kappa shape index (κ2) is 15.3. The highest BCUT2D eigenvalue weighted by Gasteiger charge is 2.34. The molecule has 10 nitrogen and oxygen atoms in total. The van der Waals surface area contributed by atoms with Gasteiger partial charge >= 0.3 is 0 Å². The fraction of sp³-hybridized carbons (Fsp3) is 0.375. The summed E-state index contributed by atoms with van der Waals surface area (Å²) in [5.74, 6) is 0.353. The zero-order chi connectivity index (χ0) is 31.6. The number of carbonyl (C=O) groups is 2. The number of rotatable bonds is 15. The first-order valence-corrected chi connectivity index (χ1v) is 15.5. The monoisotopic (exact) mass is 611 g/mol. The quantitative estimate of drug-likeness (QED) is 0.251. The number of ether oxygens (including phenoxy) is 3. The molecule has 0 saturated heterocycles. The van der Waals surface area contributed by atoms with Gasteiger partial charge in [0.15, 0.2) is 0 Å². The van der Waals surface area contributed by atoms with Gasteiger partial charge in [-0.05, 0) is 62.2 Å². The van der Waals surface area contributed by atoms with Gasteiger partial charge in [0.25, 0.3) is 10.0 Å². The molecule has 43 heavy (non-hydrogen) atoms. The second-order valence-electron chi connectivity index (χ2n) is 10.1. The van der Waals surface area contributed by atoms with E-state index in [0.29, 0.717) is 18.0 Å². The molecule has 232 valence electrons. The molecule has 2 amide bonds. The molecular formula is C32H41N3O7S. The van der Waals surface area contributed by atoms with Crippen molar-refractivity contribution in [2.24, 2.45) is 0 Å². The van der Waals surface area contributed by atoms with E-state index in [1.807, 2.05) is 13.8 Å².